The van der Waals surface area contributed by atoms with Crippen molar-refractivity contribution in [3.8, 4) is 17.2 Å². The van der Waals surface area contributed by atoms with E-state index in [2.05, 4.69) is 10.5 Å². The number of nitrogens with zero attached hydrogens (tertiary/aromatic N) is 1. The zero-order chi connectivity index (χ0) is 21.7. The van der Waals surface area contributed by atoms with E-state index >= 15 is 0 Å². The highest BCUT2D eigenvalue weighted by Crippen LogP contribution is 2.37. The fourth-order valence-corrected chi connectivity index (χ4v) is 3.01. The molecule has 0 saturated carbocycles. The second kappa shape index (κ2) is 9.54. The first kappa shape index (κ1) is 21.5. The maximum absolute atomic E-state index is 12.4. The number of hydrogen-bond acceptors (Lipinski definition) is 6. The number of benzene rings is 2. The van der Waals surface area contributed by atoms with Gasteiger partial charge in [0.15, 0.2) is 28.6 Å². The molecule has 7 nitrogen and oxygen atoms in total. The fourth-order valence-electron chi connectivity index (χ4n) is 2.74. The molecule has 2 aromatic carbocycles. The van der Waals surface area contributed by atoms with Gasteiger partial charge in [0.05, 0.1) is 31.6 Å². The molecule has 0 spiro atoms. The van der Waals surface area contributed by atoms with Crippen molar-refractivity contribution in [1.29, 1.82) is 0 Å². The van der Waals surface area contributed by atoms with E-state index in [0.29, 0.717) is 33.4 Å². The van der Waals surface area contributed by atoms with Gasteiger partial charge in [0.2, 0.25) is 0 Å². The van der Waals surface area contributed by atoms with Crippen molar-refractivity contribution in [2.75, 3.05) is 14.2 Å². The number of rotatable bonds is 8. The molecule has 3 rings (SSSR count). The van der Waals surface area contributed by atoms with Crippen molar-refractivity contribution in [3.05, 3.63) is 52.7 Å². The number of furan rings is 1. The molecule has 0 aliphatic heterocycles. The SMILES string of the molecule is CC[C@@H](C)Oc1c(Cl)cc(/C=N\NC(=O)c2cc3cccc(OC)c3o2)cc1OC. The molecule has 0 aliphatic rings. The number of carbonyl (C=O) groups is 1. The predicted molar refractivity (Wildman–Crippen MR) is 116 cm³/mol. The zero-order valence-electron chi connectivity index (χ0n) is 17.2. The van der Waals surface area contributed by atoms with Crippen LogP contribution in [0.1, 0.15) is 36.4 Å². The van der Waals surface area contributed by atoms with Crippen LogP contribution in [0.3, 0.4) is 0 Å². The van der Waals surface area contributed by atoms with Crippen molar-refractivity contribution in [2.24, 2.45) is 5.10 Å². The molecule has 0 fully saturated rings. The molecule has 1 aromatic heterocycles. The first-order valence-corrected chi connectivity index (χ1v) is 9.78. The van der Waals surface area contributed by atoms with E-state index in [1.807, 2.05) is 26.0 Å². The standard InChI is InChI=1S/C22H23ClN2O5/c1-5-13(2)29-21-16(23)9-14(10-18(21)28-4)12-24-25-22(26)19-11-15-7-6-8-17(27-3)20(15)30-19/h6-13H,5H2,1-4H3,(H,25,26)/b24-12-/t13-/m1/s1. The van der Waals surface area contributed by atoms with Gasteiger partial charge >= 0.3 is 5.91 Å². The average Bonchev–Trinajstić information content (AvgIpc) is 3.19. The molecule has 30 heavy (non-hydrogen) atoms. The Morgan fingerprint density at radius 1 is 1.23 bits per heavy atom. The predicted octanol–water partition coefficient (Wildman–Crippen LogP) is 5.04. The van der Waals surface area contributed by atoms with Gasteiger partial charge in [-0.1, -0.05) is 30.7 Å². The summed E-state index contributed by atoms with van der Waals surface area (Å²) in [6, 6.07) is 10.5. The fraction of sp³-hybridized carbons (Fsp3) is 0.273. The van der Waals surface area contributed by atoms with E-state index in [9.17, 15) is 4.79 Å². The summed E-state index contributed by atoms with van der Waals surface area (Å²) in [5.41, 5.74) is 3.58. The lowest BCUT2D eigenvalue weighted by Gasteiger charge is -2.17. The number of carbonyl (C=O) groups excluding carboxylic acids is 1. The number of para-hydroxylation sites is 1. The van der Waals surface area contributed by atoms with Crippen LogP contribution in [-0.2, 0) is 0 Å². The number of halogens is 1. The molecule has 1 amide bonds. The van der Waals surface area contributed by atoms with Crippen molar-refractivity contribution in [2.45, 2.75) is 26.4 Å². The summed E-state index contributed by atoms with van der Waals surface area (Å²) in [5, 5.41) is 5.14. The largest absolute Gasteiger partial charge is 0.493 e. The van der Waals surface area contributed by atoms with E-state index in [1.54, 1.807) is 31.4 Å². The highest BCUT2D eigenvalue weighted by Gasteiger charge is 2.15. The average molecular weight is 431 g/mol. The Hall–Kier alpha value is -3.19. The second-order valence-corrected chi connectivity index (χ2v) is 6.97. The van der Waals surface area contributed by atoms with Crippen LogP contribution >= 0.6 is 11.6 Å². The van der Waals surface area contributed by atoms with Crippen molar-refractivity contribution >= 4 is 34.7 Å². The molecule has 0 radical (unpaired) electrons. The quantitative estimate of drug-likeness (QED) is 0.399. The zero-order valence-corrected chi connectivity index (χ0v) is 17.9. The van der Waals surface area contributed by atoms with Crippen LogP contribution in [0.4, 0.5) is 0 Å². The Morgan fingerprint density at radius 3 is 2.70 bits per heavy atom. The van der Waals surface area contributed by atoms with Crippen LogP contribution in [0.2, 0.25) is 5.02 Å². The van der Waals surface area contributed by atoms with Crippen LogP contribution in [0, 0.1) is 0 Å². The topological polar surface area (TPSA) is 82.3 Å². The molecule has 0 unspecified atom stereocenters. The Bertz CT molecular complexity index is 1080. The summed E-state index contributed by atoms with van der Waals surface area (Å²) < 4.78 is 22.1. The normalized spacial score (nSPS) is 12.2. The van der Waals surface area contributed by atoms with E-state index in [0.717, 1.165) is 11.8 Å². The first-order valence-electron chi connectivity index (χ1n) is 9.41. The molecule has 8 heteroatoms. The van der Waals surface area contributed by atoms with Crippen molar-refractivity contribution < 1.29 is 23.4 Å². The number of hydrogen-bond donors (Lipinski definition) is 1. The molecule has 158 valence electrons. The van der Waals surface area contributed by atoms with Gasteiger partial charge in [-0.05, 0) is 43.2 Å². The van der Waals surface area contributed by atoms with Gasteiger partial charge in [0, 0.05) is 5.39 Å². The van der Waals surface area contributed by atoms with Gasteiger partial charge in [0.1, 0.15) is 0 Å². The lowest BCUT2D eigenvalue weighted by Crippen LogP contribution is -2.16. The first-order chi connectivity index (χ1) is 14.5. The Morgan fingerprint density at radius 2 is 2.00 bits per heavy atom. The third kappa shape index (κ3) is 4.68. The molecular formula is C22H23ClN2O5. The minimum Gasteiger partial charge on any atom is -0.493 e. The van der Waals surface area contributed by atoms with Gasteiger partial charge in [0.25, 0.3) is 0 Å². The van der Waals surface area contributed by atoms with Crippen molar-refractivity contribution in [1.82, 2.24) is 5.43 Å². The summed E-state index contributed by atoms with van der Waals surface area (Å²) in [6.07, 6.45) is 2.29. The number of fused-ring (bicyclic) bond motifs is 1. The molecule has 1 N–H and O–H groups in total. The van der Waals surface area contributed by atoms with Crippen LogP contribution in [0.5, 0.6) is 17.2 Å². The van der Waals surface area contributed by atoms with Crippen LogP contribution in [0.15, 0.2) is 45.9 Å². The summed E-state index contributed by atoms with van der Waals surface area (Å²) in [4.78, 5) is 12.4. The summed E-state index contributed by atoms with van der Waals surface area (Å²) >= 11 is 6.34. The van der Waals surface area contributed by atoms with Gasteiger partial charge in [-0.15, -0.1) is 0 Å². The third-order valence-electron chi connectivity index (χ3n) is 4.48. The summed E-state index contributed by atoms with van der Waals surface area (Å²) in [5.74, 6) is 1.15. The highest BCUT2D eigenvalue weighted by molar-refractivity contribution is 6.32. The Balaban J connectivity index is 1.75. The molecule has 1 atom stereocenters. The maximum Gasteiger partial charge on any atom is 0.307 e. The molecule has 1 heterocycles. The van der Waals surface area contributed by atoms with E-state index < -0.39 is 5.91 Å². The second-order valence-electron chi connectivity index (χ2n) is 6.56. The third-order valence-corrected chi connectivity index (χ3v) is 4.76. The minimum atomic E-state index is -0.487. The Kier molecular flexibility index (Phi) is 6.84. The van der Waals surface area contributed by atoms with Gasteiger partial charge in [-0.3, -0.25) is 4.79 Å². The monoisotopic (exact) mass is 430 g/mol. The molecular weight excluding hydrogens is 408 g/mol. The minimum absolute atomic E-state index is 0.00219. The van der Waals surface area contributed by atoms with Crippen LogP contribution < -0.4 is 19.6 Å². The summed E-state index contributed by atoms with van der Waals surface area (Å²) in [7, 11) is 3.08. The van der Waals surface area contributed by atoms with E-state index in [4.69, 9.17) is 30.2 Å². The number of hydrazone groups is 1. The molecule has 0 saturated heterocycles. The smallest absolute Gasteiger partial charge is 0.307 e. The van der Waals surface area contributed by atoms with Crippen LogP contribution in [0.25, 0.3) is 11.0 Å². The van der Waals surface area contributed by atoms with Crippen molar-refractivity contribution in [3.63, 3.8) is 0 Å². The van der Waals surface area contributed by atoms with Crippen LogP contribution in [-0.4, -0.2) is 32.4 Å². The maximum atomic E-state index is 12.4. The lowest BCUT2D eigenvalue weighted by atomic mass is 10.2. The number of methoxy groups -OCH3 is 2. The number of ether oxygens (including phenoxy) is 3. The lowest BCUT2D eigenvalue weighted by molar-refractivity contribution is 0.0929. The van der Waals surface area contributed by atoms with E-state index in [1.165, 1.54) is 13.3 Å². The summed E-state index contributed by atoms with van der Waals surface area (Å²) in [6.45, 7) is 3.97. The Labute approximate surface area is 179 Å². The van der Waals surface area contributed by atoms with Gasteiger partial charge in [-0.2, -0.15) is 5.10 Å². The number of nitrogens with one attached hydrogen (secondary N) is 1. The van der Waals surface area contributed by atoms with Gasteiger partial charge in [-0.25, -0.2) is 5.43 Å². The molecule has 0 aliphatic carbocycles. The molecule has 0 bridgehead atoms. The van der Waals surface area contributed by atoms with Gasteiger partial charge < -0.3 is 18.6 Å². The number of amides is 1. The highest BCUT2D eigenvalue weighted by atomic mass is 35.5. The molecule has 3 aromatic rings. The van der Waals surface area contributed by atoms with E-state index in [-0.39, 0.29) is 11.9 Å².